The highest BCUT2D eigenvalue weighted by Crippen LogP contribution is 2.33. The lowest BCUT2D eigenvalue weighted by Gasteiger charge is -2.09. The summed E-state index contributed by atoms with van der Waals surface area (Å²) in [5.41, 5.74) is -0.814. The molecule has 0 atom stereocenters. The Hall–Kier alpha value is -0.940. The van der Waals surface area contributed by atoms with Gasteiger partial charge in [0.05, 0.1) is 17.0 Å². The van der Waals surface area contributed by atoms with E-state index in [-0.39, 0.29) is 10.6 Å². The second kappa shape index (κ2) is 4.72. The first-order valence-electron chi connectivity index (χ1n) is 3.76. The molecule has 0 radical (unpaired) electrons. The van der Waals surface area contributed by atoms with E-state index in [1.807, 2.05) is 0 Å². The van der Waals surface area contributed by atoms with Crippen LogP contribution in [0, 0.1) is 0 Å². The Morgan fingerprint density at radius 2 is 2.13 bits per heavy atom. The quantitative estimate of drug-likeness (QED) is 0.846. The molecule has 3 nitrogen and oxygen atoms in total. The maximum Gasteiger partial charge on any atom is 0.307 e. The molecule has 0 aliphatic rings. The molecule has 1 heterocycles. The average Bonchev–Trinajstić information content (AvgIpc) is 2.10. The topological polar surface area (TPSA) is 50.2 Å². The molecule has 0 aromatic carbocycles. The van der Waals surface area contributed by atoms with E-state index in [9.17, 15) is 13.6 Å². The van der Waals surface area contributed by atoms with Crippen LogP contribution in [0.3, 0.4) is 0 Å². The molecule has 0 saturated carbocycles. The molecule has 0 bridgehead atoms. The van der Waals surface area contributed by atoms with Gasteiger partial charge < -0.3 is 5.11 Å². The minimum absolute atomic E-state index is 0.128. The molecule has 0 unspecified atom stereocenters. The van der Waals surface area contributed by atoms with Crippen LogP contribution in [0.4, 0.5) is 8.78 Å². The van der Waals surface area contributed by atoms with Gasteiger partial charge in [0, 0.05) is 6.20 Å². The predicted molar refractivity (Wildman–Crippen MR) is 50.6 cm³/mol. The molecule has 7 heteroatoms. The van der Waals surface area contributed by atoms with E-state index in [4.69, 9.17) is 28.3 Å². The van der Waals surface area contributed by atoms with Gasteiger partial charge in [-0.05, 0) is 5.56 Å². The third kappa shape index (κ3) is 2.76. The fraction of sp³-hybridized carbons (Fsp3) is 0.250. The fourth-order valence-electron chi connectivity index (χ4n) is 1.07. The van der Waals surface area contributed by atoms with E-state index >= 15 is 0 Å². The Morgan fingerprint density at radius 1 is 1.53 bits per heavy atom. The number of alkyl halides is 2. The van der Waals surface area contributed by atoms with Crippen LogP contribution >= 0.6 is 23.2 Å². The molecule has 0 aliphatic carbocycles. The number of pyridine rings is 1. The summed E-state index contributed by atoms with van der Waals surface area (Å²) in [4.78, 5) is 13.9. The highest BCUT2D eigenvalue weighted by Gasteiger charge is 2.22. The zero-order chi connectivity index (χ0) is 11.6. The molecule has 15 heavy (non-hydrogen) atoms. The van der Waals surface area contributed by atoms with Crippen LogP contribution in [-0.4, -0.2) is 16.1 Å². The van der Waals surface area contributed by atoms with Crippen LogP contribution in [0.5, 0.6) is 0 Å². The van der Waals surface area contributed by atoms with Gasteiger partial charge in [-0.2, -0.15) is 0 Å². The first-order chi connectivity index (χ1) is 6.93. The summed E-state index contributed by atoms with van der Waals surface area (Å²) in [5.74, 6) is -1.26. The zero-order valence-corrected chi connectivity index (χ0v) is 8.69. The first-order valence-corrected chi connectivity index (χ1v) is 4.51. The van der Waals surface area contributed by atoms with Crippen molar-refractivity contribution in [3.63, 3.8) is 0 Å². The summed E-state index contributed by atoms with van der Waals surface area (Å²) >= 11 is 11.0. The predicted octanol–water partition coefficient (Wildman–Crippen LogP) is 2.95. The maximum atomic E-state index is 12.5. The number of carboxylic acid groups (broad SMARTS) is 1. The second-order valence-electron chi connectivity index (χ2n) is 2.66. The monoisotopic (exact) mass is 255 g/mol. The molecule has 82 valence electrons. The Bertz CT molecular complexity index is 398. The van der Waals surface area contributed by atoms with Crippen molar-refractivity contribution in [3.8, 4) is 0 Å². The molecule has 1 N–H and O–H groups in total. The number of aromatic nitrogens is 1. The lowest BCUT2D eigenvalue weighted by atomic mass is 10.1. The SMILES string of the molecule is O=C(O)Cc1c(Cl)cnc(Cl)c1C(F)F. The largest absolute Gasteiger partial charge is 0.481 e. The molecule has 1 aromatic rings. The van der Waals surface area contributed by atoms with Gasteiger partial charge in [0.25, 0.3) is 6.43 Å². The molecule has 0 spiro atoms. The molecule has 0 aliphatic heterocycles. The molecule has 0 amide bonds. The highest BCUT2D eigenvalue weighted by molar-refractivity contribution is 6.33. The fourth-order valence-corrected chi connectivity index (χ4v) is 1.53. The first kappa shape index (κ1) is 12.1. The van der Waals surface area contributed by atoms with Gasteiger partial charge in [0.1, 0.15) is 5.15 Å². The van der Waals surface area contributed by atoms with Crippen LogP contribution in [0.2, 0.25) is 10.2 Å². The molecule has 0 saturated heterocycles. The van der Waals surface area contributed by atoms with Crippen LogP contribution < -0.4 is 0 Å². The lowest BCUT2D eigenvalue weighted by Crippen LogP contribution is -2.06. The Balaban J connectivity index is 3.31. The van der Waals surface area contributed by atoms with E-state index in [0.29, 0.717) is 0 Å². The molecule has 1 rings (SSSR count). The molecular weight excluding hydrogens is 251 g/mol. The van der Waals surface area contributed by atoms with Crippen LogP contribution in [0.15, 0.2) is 6.20 Å². The number of rotatable bonds is 3. The van der Waals surface area contributed by atoms with Crippen molar-refractivity contribution in [1.82, 2.24) is 4.98 Å². The van der Waals surface area contributed by atoms with Crippen LogP contribution in [0.1, 0.15) is 17.6 Å². The van der Waals surface area contributed by atoms with Crippen molar-refractivity contribution in [2.45, 2.75) is 12.8 Å². The lowest BCUT2D eigenvalue weighted by molar-refractivity contribution is -0.136. The number of hydrogen-bond donors (Lipinski definition) is 1. The smallest absolute Gasteiger partial charge is 0.307 e. The van der Waals surface area contributed by atoms with Crippen LogP contribution in [0.25, 0.3) is 0 Å². The number of halogens is 4. The van der Waals surface area contributed by atoms with E-state index in [2.05, 4.69) is 4.98 Å². The number of hydrogen-bond acceptors (Lipinski definition) is 2. The minimum atomic E-state index is -2.90. The van der Waals surface area contributed by atoms with Crippen molar-refractivity contribution in [2.24, 2.45) is 0 Å². The van der Waals surface area contributed by atoms with Crippen molar-refractivity contribution in [3.05, 3.63) is 27.5 Å². The van der Waals surface area contributed by atoms with Gasteiger partial charge in [-0.25, -0.2) is 13.8 Å². The average molecular weight is 256 g/mol. The summed E-state index contributed by atoms with van der Waals surface area (Å²) in [5, 5.41) is 7.97. The Labute approximate surface area is 93.6 Å². The van der Waals surface area contributed by atoms with Crippen LogP contribution in [-0.2, 0) is 11.2 Å². The Kier molecular flexibility index (Phi) is 3.82. The van der Waals surface area contributed by atoms with Gasteiger partial charge in [-0.1, -0.05) is 23.2 Å². The van der Waals surface area contributed by atoms with E-state index in [0.717, 1.165) is 6.20 Å². The summed E-state index contributed by atoms with van der Waals surface area (Å²) in [6, 6.07) is 0. The second-order valence-corrected chi connectivity index (χ2v) is 3.43. The number of aliphatic carboxylic acids is 1. The molecular formula is C8H5Cl2F2NO2. The highest BCUT2D eigenvalue weighted by atomic mass is 35.5. The van der Waals surface area contributed by atoms with Gasteiger partial charge >= 0.3 is 5.97 Å². The number of nitrogens with zero attached hydrogens (tertiary/aromatic N) is 1. The van der Waals surface area contributed by atoms with Crippen molar-refractivity contribution < 1.29 is 18.7 Å². The standard InChI is InChI=1S/C8H5Cl2F2NO2/c9-4-2-13-7(10)6(8(11)12)3(4)1-5(14)15/h2,8H,1H2,(H,14,15). The third-order valence-electron chi connectivity index (χ3n) is 1.67. The number of carbonyl (C=O) groups is 1. The van der Waals surface area contributed by atoms with Gasteiger partial charge in [0.2, 0.25) is 0 Å². The maximum absolute atomic E-state index is 12.5. The van der Waals surface area contributed by atoms with E-state index in [1.165, 1.54) is 0 Å². The summed E-state index contributed by atoms with van der Waals surface area (Å²) in [6.45, 7) is 0. The van der Waals surface area contributed by atoms with Crippen molar-refractivity contribution >= 4 is 29.2 Å². The Morgan fingerprint density at radius 3 is 2.60 bits per heavy atom. The summed E-state index contributed by atoms with van der Waals surface area (Å²) in [6.07, 6.45) is -2.47. The van der Waals surface area contributed by atoms with Gasteiger partial charge in [0.15, 0.2) is 0 Å². The van der Waals surface area contributed by atoms with Crippen molar-refractivity contribution in [2.75, 3.05) is 0 Å². The normalized spacial score (nSPS) is 10.7. The molecule has 0 fully saturated rings. The van der Waals surface area contributed by atoms with E-state index in [1.54, 1.807) is 0 Å². The van der Waals surface area contributed by atoms with Crippen molar-refractivity contribution in [1.29, 1.82) is 0 Å². The van der Waals surface area contributed by atoms with Gasteiger partial charge in [-0.3, -0.25) is 4.79 Å². The van der Waals surface area contributed by atoms with E-state index < -0.39 is 29.5 Å². The summed E-state index contributed by atoms with van der Waals surface area (Å²) in [7, 11) is 0. The van der Waals surface area contributed by atoms with Gasteiger partial charge in [-0.15, -0.1) is 0 Å². The molecule has 1 aromatic heterocycles. The minimum Gasteiger partial charge on any atom is -0.481 e. The summed E-state index contributed by atoms with van der Waals surface area (Å²) < 4.78 is 25.1. The third-order valence-corrected chi connectivity index (χ3v) is 2.30. The number of carboxylic acids is 1. The zero-order valence-electron chi connectivity index (χ0n) is 7.18.